The molecule has 5 atom stereocenters. The molecule has 5 N–H and O–H groups in total. The molecular weight excluding hydrogens is 428 g/mol. The lowest BCUT2D eigenvalue weighted by molar-refractivity contribution is -0.277. The van der Waals surface area contributed by atoms with Crippen LogP contribution in [-0.2, 0) is 11.2 Å². The summed E-state index contributed by atoms with van der Waals surface area (Å²) in [4.78, 5) is 8.84. The highest BCUT2D eigenvalue weighted by molar-refractivity contribution is 5.89. The topological polar surface area (TPSA) is 129 Å². The van der Waals surface area contributed by atoms with Crippen molar-refractivity contribution in [2.24, 2.45) is 0 Å². The van der Waals surface area contributed by atoms with E-state index >= 15 is 0 Å². The number of nitrogens with one attached hydrogen (secondary N) is 1. The fraction of sp³-hybridized carbons (Fsp3) is 0.333. The third-order valence-corrected chi connectivity index (χ3v) is 6.14. The van der Waals surface area contributed by atoms with Crippen molar-refractivity contribution < 1.29 is 34.7 Å². The van der Waals surface area contributed by atoms with Crippen molar-refractivity contribution in [1.82, 2.24) is 9.71 Å². The minimum atomic E-state index is -1.52. The van der Waals surface area contributed by atoms with Crippen LogP contribution in [0, 0.1) is 0 Å². The van der Waals surface area contributed by atoms with Gasteiger partial charge in [0.1, 0.15) is 31.5 Å². The van der Waals surface area contributed by atoms with Crippen LogP contribution in [-0.4, -0.2) is 74.6 Å². The van der Waals surface area contributed by atoms with E-state index in [-0.39, 0.29) is 0 Å². The van der Waals surface area contributed by atoms with Crippen LogP contribution in [0.15, 0.2) is 54.7 Å². The number of aromatic amines is 1. The first-order valence-corrected chi connectivity index (χ1v) is 10.7. The first-order chi connectivity index (χ1) is 16.0. The molecule has 3 heterocycles. The monoisotopic (exact) mass is 454 g/mol. The lowest BCUT2D eigenvalue weighted by atomic mass is 9.99. The Morgan fingerprint density at radius 2 is 1.70 bits per heavy atom. The zero-order chi connectivity index (χ0) is 23.1. The molecule has 33 heavy (non-hydrogen) atoms. The summed E-state index contributed by atoms with van der Waals surface area (Å²) in [5, 5.41) is 42.0. The van der Waals surface area contributed by atoms with Crippen LogP contribution >= 0.6 is 0 Å². The van der Waals surface area contributed by atoms with Gasteiger partial charge in [0.25, 0.3) is 0 Å². The molecule has 2 aromatic heterocycles. The number of aromatic nitrogens is 2. The molecule has 9 heteroatoms. The highest BCUT2D eigenvalue weighted by Crippen LogP contribution is 2.35. The van der Waals surface area contributed by atoms with Crippen molar-refractivity contribution in [1.29, 1.82) is 0 Å². The summed E-state index contributed by atoms with van der Waals surface area (Å²) in [7, 11) is 1.60. The van der Waals surface area contributed by atoms with E-state index in [1.54, 1.807) is 11.8 Å². The molecule has 5 rings (SSSR count). The minimum Gasteiger partial charge on any atom is -0.459 e. The van der Waals surface area contributed by atoms with Gasteiger partial charge in [0.05, 0.1) is 17.8 Å². The highest BCUT2D eigenvalue weighted by atomic mass is 16.7. The van der Waals surface area contributed by atoms with Gasteiger partial charge >= 0.3 is 0 Å². The lowest BCUT2D eigenvalue weighted by Gasteiger charge is -2.39. The number of fused-ring (bicyclic) bond motifs is 2. The lowest BCUT2D eigenvalue weighted by Crippen LogP contribution is -2.60. The predicted octanol–water partition coefficient (Wildman–Crippen LogP) is 0.950. The van der Waals surface area contributed by atoms with Gasteiger partial charge in [0, 0.05) is 28.9 Å². The predicted molar refractivity (Wildman–Crippen MR) is 120 cm³/mol. The number of para-hydroxylation sites is 2. The van der Waals surface area contributed by atoms with Gasteiger partial charge in [0.2, 0.25) is 6.29 Å². The maximum absolute atomic E-state index is 10.5. The number of H-pyrrole nitrogens is 1. The van der Waals surface area contributed by atoms with Crippen molar-refractivity contribution in [2.45, 2.75) is 37.1 Å². The van der Waals surface area contributed by atoms with Gasteiger partial charge in [-0.05, 0) is 23.8 Å². The van der Waals surface area contributed by atoms with Gasteiger partial charge < -0.3 is 39.7 Å². The van der Waals surface area contributed by atoms with Crippen LogP contribution in [0.1, 0.15) is 11.3 Å². The van der Waals surface area contributed by atoms with E-state index in [0.717, 1.165) is 33.1 Å². The second-order valence-corrected chi connectivity index (χ2v) is 8.15. The molecule has 0 saturated carbocycles. The third-order valence-electron chi connectivity index (χ3n) is 6.14. The number of rotatable bonds is 6. The number of hydrogen-bond acceptors (Lipinski definition) is 7. The summed E-state index contributed by atoms with van der Waals surface area (Å²) in [6.07, 6.45) is -4.42. The van der Waals surface area contributed by atoms with Crippen LogP contribution in [0.4, 0.5) is 0 Å². The smallest absolute Gasteiger partial charge is 0.229 e. The molecule has 1 aliphatic heterocycles. The summed E-state index contributed by atoms with van der Waals surface area (Å²) in [5.74, 6) is 0.462. The van der Waals surface area contributed by atoms with Gasteiger partial charge in [-0.25, -0.2) is 0 Å². The van der Waals surface area contributed by atoms with E-state index in [1.807, 2.05) is 54.7 Å². The maximum Gasteiger partial charge on any atom is 0.229 e. The van der Waals surface area contributed by atoms with Crippen LogP contribution < -0.4 is 9.57 Å². The number of ether oxygens (including phenoxy) is 2. The van der Waals surface area contributed by atoms with Gasteiger partial charge in [-0.2, -0.15) is 4.73 Å². The average molecular weight is 454 g/mol. The van der Waals surface area contributed by atoms with Gasteiger partial charge in [0.15, 0.2) is 5.75 Å². The molecule has 4 aromatic rings. The van der Waals surface area contributed by atoms with Crippen molar-refractivity contribution in [3.8, 4) is 5.75 Å². The van der Waals surface area contributed by atoms with Gasteiger partial charge in [-0.3, -0.25) is 0 Å². The molecule has 174 valence electrons. The van der Waals surface area contributed by atoms with Gasteiger partial charge in [-0.1, -0.05) is 30.3 Å². The Labute approximate surface area is 189 Å². The Morgan fingerprint density at radius 1 is 0.970 bits per heavy atom. The first-order valence-electron chi connectivity index (χ1n) is 10.7. The second kappa shape index (κ2) is 8.69. The molecule has 0 aliphatic carbocycles. The summed E-state index contributed by atoms with van der Waals surface area (Å²) >= 11 is 0. The molecule has 0 bridgehead atoms. The third kappa shape index (κ3) is 3.73. The number of aliphatic hydroxyl groups excluding tert-OH is 4. The highest BCUT2D eigenvalue weighted by Gasteiger charge is 2.45. The van der Waals surface area contributed by atoms with E-state index in [4.69, 9.17) is 14.3 Å². The Balaban J connectivity index is 1.54. The Morgan fingerprint density at radius 3 is 2.45 bits per heavy atom. The quantitative estimate of drug-likeness (QED) is 0.293. The van der Waals surface area contributed by atoms with E-state index in [0.29, 0.717) is 12.2 Å². The SMILES string of the molecule is COn1cc(Cc2[nH]c3ccccc3c2O[C@@H]2O[C@H](CO)[C@@H](O)[C@H](O)[C@H]2O)c2ccccc21. The van der Waals surface area contributed by atoms with Gasteiger partial charge in [-0.15, -0.1) is 0 Å². The normalized spacial score (nSPS) is 25.5. The summed E-state index contributed by atoms with van der Waals surface area (Å²) in [6, 6.07) is 15.5. The number of nitrogens with zero attached hydrogens (tertiary/aromatic N) is 1. The minimum absolute atomic E-state index is 0.462. The molecule has 0 amide bonds. The molecule has 1 aliphatic rings. The Hall–Kier alpha value is -3.08. The zero-order valence-corrected chi connectivity index (χ0v) is 18.0. The van der Waals surface area contributed by atoms with Crippen LogP contribution in [0.5, 0.6) is 5.75 Å². The second-order valence-electron chi connectivity index (χ2n) is 8.15. The zero-order valence-electron chi connectivity index (χ0n) is 18.0. The molecule has 0 spiro atoms. The van der Waals surface area contributed by atoms with Crippen LogP contribution in [0.2, 0.25) is 0 Å². The van der Waals surface area contributed by atoms with E-state index in [2.05, 4.69) is 4.98 Å². The maximum atomic E-state index is 10.5. The molecule has 9 nitrogen and oxygen atoms in total. The summed E-state index contributed by atoms with van der Waals surface area (Å²) in [6.45, 7) is -0.526. The van der Waals surface area contributed by atoms with E-state index in [1.165, 1.54) is 0 Å². The molecule has 0 unspecified atom stereocenters. The van der Waals surface area contributed by atoms with Crippen molar-refractivity contribution >= 4 is 21.8 Å². The fourth-order valence-corrected chi connectivity index (χ4v) is 4.41. The Kier molecular flexibility index (Phi) is 5.73. The van der Waals surface area contributed by atoms with E-state index in [9.17, 15) is 20.4 Å². The standard InChI is InChI=1S/C24H26N2O7/c1-31-26-11-13(14-6-3-5-9-18(14)26)10-17-23(15-7-2-4-8-16(15)25-17)33-24-22(30)21(29)20(28)19(12-27)32-24/h2-9,11,19-22,24-25,27-30H,10,12H2,1H3/t19-,20-,21+,22-,24+/m1/s1. The first kappa shape index (κ1) is 21.7. The molecule has 2 aromatic carbocycles. The van der Waals surface area contributed by atoms with Crippen LogP contribution in [0.3, 0.4) is 0 Å². The fourth-order valence-electron chi connectivity index (χ4n) is 4.41. The summed E-state index contributed by atoms with van der Waals surface area (Å²) in [5.41, 5.74) is 3.51. The summed E-state index contributed by atoms with van der Waals surface area (Å²) < 4.78 is 13.4. The number of aliphatic hydroxyl groups is 4. The molecule has 0 radical (unpaired) electrons. The number of hydrogen-bond donors (Lipinski definition) is 5. The number of benzene rings is 2. The van der Waals surface area contributed by atoms with Crippen LogP contribution in [0.25, 0.3) is 21.8 Å². The largest absolute Gasteiger partial charge is 0.459 e. The van der Waals surface area contributed by atoms with Crippen molar-refractivity contribution in [2.75, 3.05) is 13.7 Å². The Bertz CT molecular complexity index is 1260. The van der Waals surface area contributed by atoms with Crippen molar-refractivity contribution in [3.63, 3.8) is 0 Å². The van der Waals surface area contributed by atoms with Crippen molar-refractivity contribution in [3.05, 3.63) is 66.0 Å². The molecule has 1 fully saturated rings. The average Bonchev–Trinajstić information content (AvgIpc) is 3.37. The van der Waals surface area contributed by atoms with E-state index < -0.39 is 37.3 Å². The molecular formula is C24H26N2O7. The molecule has 1 saturated heterocycles.